The Morgan fingerprint density at radius 1 is 1.25 bits per heavy atom. The van der Waals surface area contributed by atoms with E-state index in [0.717, 1.165) is 25.7 Å². The highest BCUT2D eigenvalue weighted by molar-refractivity contribution is 14.0. The van der Waals surface area contributed by atoms with Crippen molar-refractivity contribution in [2.45, 2.75) is 50.8 Å². The summed E-state index contributed by atoms with van der Waals surface area (Å²) in [4.78, 5) is 4.17. The van der Waals surface area contributed by atoms with Crippen molar-refractivity contribution in [2.75, 3.05) is 31.6 Å². The second-order valence-electron chi connectivity index (χ2n) is 5.60. The quantitative estimate of drug-likeness (QED) is 0.201. The van der Waals surface area contributed by atoms with Gasteiger partial charge in [0.15, 0.2) is 5.96 Å². The summed E-state index contributed by atoms with van der Waals surface area (Å²) in [6.07, 6.45) is 4.04. The highest BCUT2D eigenvalue weighted by Gasteiger charge is 2.25. The molecule has 7 nitrogen and oxygen atoms in total. The van der Waals surface area contributed by atoms with Gasteiger partial charge in [-0.1, -0.05) is 13.3 Å². The van der Waals surface area contributed by atoms with Crippen molar-refractivity contribution < 1.29 is 12.6 Å². The van der Waals surface area contributed by atoms with Crippen LogP contribution in [0.25, 0.3) is 0 Å². The molecule has 0 spiro atoms. The van der Waals surface area contributed by atoms with Gasteiger partial charge in [-0.25, -0.2) is 13.1 Å². The van der Waals surface area contributed by atoms with Crippen molar-refractivity contribution in [3.63, 3.8) is 0 Å². The fourth-order valence-corrected chi connectivity index (χ4v) is 4.59. The summed E-state index contributed by atoms with van der Waals surface area (Å²) in [7, 11) is -2.21. The van der Waals surface area contributed by atoms with Gasteiger partial charge in [0.1, 0.15) is 0 Å². The minimum atomic E-state index is -3.16. The maximum Gasteiger partial charge on any atom is 0.211 e. The molecule has 1 aliphatic rings. The third-order valence-corrected chi connectivity index (χ3v) is 7.11. The number of guanidine groups is 1. The van der Waals surface area contributed by atoms with Crippen LogP contribution >= 0.6 is 24.0 Å². The molecule has 1 fully saturated rings. The summed E-state index contributed by atoms with van der Waals surface area (Å²) in [5.74, 6) is 1.45. The van der Waals surface area contributed by atoms with Crippen LogP contribution in [0, 0.1) is 0 Å². The first-order valence-electron chi connectivity index (χ1n) is 8.23. The van der Waals surface area contributed by atoms with E-state index >= 15 is 0 Å². The molecule has 0 bridgehead atoms. The van der Waals surface area contributed by atoms with Crippen LogP contribution in [0.1, 0.15) is 39.5 Å². The zero-order chi connectivity index (χ0) is 17.3. The van der Waals surface area contributed by atoms with E-state index < -0.39 is 20.8 Å². The first-order chi connectivity index (χ1) is 10.9. The van der Waals surface area contributed by atoms with Crippen molar-refractivity contribution in [3.8, 4) is 0 Å². The zero-order valence-electron chi connectivity index (χ0n) is 14.7. The predicted molar refractivity (Wildman–Crippen MR) is 112 cm³/mol. The van der Waals surface area contributed by atoms with Gasteiger partial charge in [-0.2, -0.15) is 0 Å². The molecule has 0 amide bonds. The van der Waals surface area contributed by atoms with Gasteiger partial charge >= 0.3 is 0 Å². The van der Waals surface area contributed by atoms with E-state index in [1.54, 1.807) is 14.0 Å². The van der Waals surface area contributed by atoms with Crippen molar-refractivity contribution in [2.24, 2.45) is 4.99 Å². The van der Waals surface area contributed by atoms with Crippen LogP contribution in [0.5, 0.6) is 0 Å². The largest absolute Gasteiger partial charge is 0.355 e. The SMILES string of the molecule is CCS(=O)C1CCCC(NC(=NC)NCCNS(=O)(=O)CC)C1.I. The Hall–Kier alpha value is 0.0600. The van der Waals surface area contributed by atoms with Gasteiger partial charge in [0.2, 0.25) is 10.0 Å². The number of halogens is 1. The normalized spacial score (nSPS) is 23.2. The third-order valence-electron chi connectivity index (χ3n) is 3.97. The standard InChI is InChI=1S/C14H30N4O3S2.HI/c1-4-22(19)13-8-6-7-12(11-13)18-14(15-3)16-9-10-17-23(20,21)5-2;/h12-13,17H,4-11H2,1-3H3,(H2,15,16,18);1H. The summed E-state index contributed by atoms with van der Waals surface area (Å²) < 4.78 is 37.2. The van der Waals surface area contributed by atoms with E-state index in [0.29, 0.717) is 24.8 Å². The van der Waals surface area contributed by atoms with E-state index in [9.17, 15) is 12.6 Å². The predicted octanol–water partition coefficient (Wildman–Crippen LogP) is 0.789. The molecule has 3 unspecified atom stereocenters. The molecular formula is C14H31IN4O3S2. The molecule has 0 aromatic rings. The van der Waals surface area contributed by atoms with Crippen molar-refractivity contribution in [3.05, 3.63) is 0 Å². The molecule has 0 aromatic carbocycles. The number of hydrogen-bond donors (Lipinski definition) is 3. The number of rotatable bonds is 8. The molecule has 3 atom stereocenters. The summed E-state index contributed by atoms with van der Waals surface area (Å²) in [6.45, 7) is 4.36. The smallest absolute Gasteiger partial charge is 0.211 e. The summed E-state index contributed by atoms with van der Waals surface area (Å²) in [5, 5.41) is 6.73. The minimum absolute atomic E-state index is 0. The number of aliphatic imine (C=N–C) groups is 1. The average Bonchev–Trinajstić information content (AvgIpc) is 2.57. The molecular weight excluding hydrogens is 463 g/mol. The van der Waals surface area contributed by atoms with Crippen molar-refractivity contribution >= 4 is 50.8 Å². The zero-order valence-corrected chi connectivity index (χ0v) is 18.7. The average molecular weight is 494 g/mol. The van der Waals surface area contributed by atoms with Crippen LogP contribution in [0.2, 0.25) is 0 Å². The number of nitrogens with one attached hydrogen (secondary N) is 3. The Morgan fingerprint density at radius 3 is 2.54 bits per heavy atom. The lowest BCUT2D eigenvalue weighted by atomic mass is 9.95. The fourth-order valence-electron chi connectivity index (χ4n) is 2.63. The van der Waals surface area contributed by atoms with E-state index in [2.05, 4.69) is 20.3 Å². The first-order valence-corrected chi connectivity index (χ1v) is 11.3. The first kappa shape index (κ1) is 24.1. The van der Waals surface area contributed by atoms with Crippen LogP contribution in [0.4, 0.5) is 0 Å². The topological polar surface area (TPSA) is 99.7 Å². The molecule has 0 saturated heterocycles. The van der Waals surface area contributed by atoms with E-state index in [1.807, 2.05) is 6.92 Å². The molecule has 0 heterocycles. The maximum atomic E-state index is 12.0. The molecule has 0 aromatic heterocycles. The number of nitrogens with zero attached hydrogens (tertiary/aromatic N) is 1. The Morgan fingerprint density at radius 2 is 1.96 bits per heavy atom. The summed E-state index contributed by atoms with van der Waals surface area (Å²) in [6, 6.07) is 0.266. The van der Waals surface area contributed by atoms with Crippen LogP contribution < -0.4 is 15.4 Å². The lowest BCUT2D eigenvalue weighted by molar-refractivity contribution is 0.413. The Balaban J connectivity index is 0.00000529. The van der Waals surface area contributed by atoms with Gasteiger partial charge < -0.3 is 10.6 Å². The monoisotopic (exact) mass is 494 g/mol. The van der Waals surface area contributed by atoms with Crippen LogP contribution in [0.3, 0.4) is 0 Å². The second kappa shape index (κ2) is 12.4. The molecule has 1 rings (SSSR count). The molecule has 24 heavy (non-hydrogen) atoms. The van der Waals surface area contributed by atoms with Gasteiger partial charge in [0.25, 0.3) is 0 Å². The van der Waals surface area contributed by atoms with E-state index in [4.69, 9.17) is 0 Å². The molecule has 3 N–H and O–H groups in total. The van der Waals surface area contributed by atoms with Crippen LogP contribution in [0.15, 0.2) is 4.99 Å². The van der Waals surface area contributed by atoms with Gasteiger partial charge in [-0.05, 0) is 26.2 Å². The van der Waals surface area contributed by atoms with E-state index in [1.165, 1.54) is 0 Å². The van der Waals surface area contributed by atoms with Gasteiger partial charge in [0.05, 0.1) is 5.75 Å². The molecule has 1 aliphatic carbocycles. The lowest BCUT2D eigenvalue weighted by Crippen LogP contribution is -2.48. The molecule has 10 heteroatoms. The van der Waals surface area contributed by atoms with Crippen molar-refractivity contribution in [1.82, 2.24) is 15.4 Å². The third kappa shape index (κ3) is 8.95. The van der Waals surface area contributed by atoms with Crippen LogP contribution in [-0.2, 0) is 20.8 Å². The second-order valence-corrected chi connectivity index (χ2v) is 9.70. The maximum absolute atomic E-state index is 12.0. The Labute approximate surface area is 165 Å². The highest BCUT2D eigenvalue weighted by Crippen LogP contribution is 2.22. The molecule has 0 radical (unpaired) electrons. The Kier molecular flexibility index (Phi) is 12.5. The van der Waals surface area contributed by atoms with E-state index in [-0.39, 0.29) is 41.0 Å². The van der Waals surface area contributed by atoms with Gasteiger partial charge in [-0.3, -0.25) is 9.20 Å². The summed E-state index contributed by atoms with van der Waals surface area (Å²) >= 11 is 0. The van der Waals surface area contributed by atoms with Gasteiger partial charge in [-0.15, -0.1) is 24.0 Å². The highest BCUT2D eigenvalue weighted by atomic mass is 127. The minimum Gasteiger partial charge on any atom is -0.355 e. The summed E-state index contributed by atoms with van der Waals surface area (Å²) in [5.41, 5.74) is 0. The molecule has 1 saturated carbocycles. The lowest BCUT2D eigenvalue weighted by Gasteiger charge is -2.30. The van der Waals surface area contributed by atoms with Crippen molar-refractivity contribution in [1.29, 1.82) is 0 Å². The van der Waals surface area contributed by atoms with Gasteiger partial charge in [0, 0.05) is 48.0 Å². The Bertz CT molecular complexity index is 514. The number of sulfonamides is 1. The molecule has 0 aliphatic heterocycles. The number of hydrogen-bond acceptors (Lipinski definition) is 4. The van der Waals surface area contributed by atoms with Crippen LogP contribution in [-0.4, -0.2) is 61.5 Å². The fraction of sp³-hybridized carbons (Fsp3) is 0.929. The molecule has 144 valence electrons.